The maximum atomic E-state index is 12.1. The number of fused-ring (bicyclic) bond motifs is 2. The van der Waals surface area contributed by atoms with Gasteiger partial charge in [0.15, 0.2) is 0 Å². The van der Waals surface area contributed by atoms with E-state index in [0.29, 0.717) is 12.6 Å². The molecule has 2 aliphatic rings. The van der Waals surface area contributed by atoms with E-state index < -0.39 is 0 Å². The van der Waals surface area contributed by atoms with Crippen LogP contribution in [0.15, 0.2) is 36.4 Å². The zero-order chi connectivity index (χ0) is 19.1. The summed E-state index contributed by atoms with van der Waals surface area (Å²) in [6, 6.07) is 12.9. The van der Waals surface area contributed by atoms with Crippen molar-refractivity contribution in [2.75, 3.05) is 11.9 Å². The molecule has 0 spiro atoms. The van der Waals surface area contributed by atoms with Gasteiger partial charge in [-0.3, -0.25) is 4.79 Å². The van der Waals surface area contributed by atoms with E-state index >= 15 is 0 Å². The first-order chi connectivity index (χ1) is 13.7. The van der Waals surface area contributed by atoms with Gasteiger partial charge in [-0.25, -0.2) is 4.98 Å². The van der Waals surface area contributed by atoms with Gasteiger partial charge in [-0.1, -0.05) is 18.2 Å². The van der Waals surface area contributed by atoms with Crippen LogP contribution in [0.2, 0.25) is 0 Å². The third kappa shape index (κ3) is 3.14. The molecular formula is C22H25N5O. The molecule has 2 aromatic heterocycles. The van der Waals surface area contributed by atoms with Crippen LogP contribution in [0.1, 0.15) is 41.7 Å². The molecule has 2 atom stereocenters. The third-order valence-electron chi connectivity index (χ3n) is 5.88. The van der Waals surface area contributed by atoms with Gasteiger partial charge in [-0.05, 0) is 43.9 Å². The molecule has 1 amide bonds. The number of aromatic nitrogens is 2. The molecule has 3 heterocycles. The van der Waals surface area contributed by atoms with Crippen molar-refractivity contribution in [3.8, 4) is 11.3 Å². The summed E-state index contributed by atoms with van der Waals surface area (Å²) < 4.78 is 0. The Balaban J connectivity index is 1.52. The van der Waals surface area contributed by atoms with Gasteiger partial charge in [0.05, 0.1) is 11.1 Å². The zero-order valence-corrected chi connectivity index (χ0v) is 15.8. The molecule has 28 heavy (non-hydrogen) atoms. The number of amides is 1. The van der Waals surface area contributed by atoms with Crippen molar-refractivity contribution in [1.82, 2.24) is 15.3 Å². The SMILES string of the molecule is NC1CCCC(Nc2ccc3cccc(-c4cc5c([nH]4)CCNC5=O)c3n2)C1. The summed E-state index contributed by atoms with van der Waals surface area (Å²) in [5.74, 6) is 0.876. The topological polar surface area (TPSA) is 95.8 Å². The highest BCUT2D eigenvalue weighted by Gasteiger charge is 2.22. The number of carbonyl (C=O) groups is 1. The lowest BCUT2D eigenvalue weighted by Crippen LogP contribution is -2.35. The molecule has 0 bridgehead atoms. The van der Waals surface area contributed by atoms with E-state index in [4.69, 9.17) is 10.7 Å². The van der Waals surface area contributed by atoms with Crippen LogP contribution in [-0.2, 0) is 6.42 Å². The number of anilines is 1. The molecule has 144 valence electrons. The number of para-hydroxylation sites is 1. The van der Waals surface area contributed by atoms with E-state index in [-0.39, 0.29) is 11.9 Å². The standard InChI is InChI=1S/C22H25N5O/c23-14-4-2-5-15(11-14)25-20-8-7-13-3-1-6-16(21(13)27-20)19-12-17-18(26-19)9-10-24-22(17)28/h1,3,6-8,12,14-15,26H,2,4-5,9-11,23H2,(H,24,28)(H,25,27). The van der Waals surface area contributed by atoms with Gasteiger partial charge in [-0.2, -0.15) is 0 Å². The summed E-state index contributed by atoms with van der Waals surface area (Å²) in [7, 11) is 0. The van der Waals surface area contributed by atoms with Crippen molar-refractivity contribution in [2.24, 2.45) is 5.73 Å². The third-order valence-corrected chi connectivity index (χ3v) is 5.88. The minimum absolute atomic E-state index is 0.00654. The summed E-state index contributed by atoms with van der Waals surface area (Å²) in [4.78, 5) is 20.5. The second-order valence-electron chi connectivity index (χ2n) is 7.92. The quantitative estimate of drug-likeness (QED) is 0.565. The Bertz CT molecular complexity index is 1040. The average molecular weight is 375 g/mol. The van der Waals surface area contributed by atoms with Crippen molar-refractivity contribution in [1.29, 1.82) is 0 Å². The maximum absolute atomic E-state index is 12.1. The normalized spacial score (nSPS) is 22.0. The molecule has 2 unspecified atom stereocenters. The molecule has 1 saturated carbocycles. The molecular weight excluding hydrogens is 350 g/mol. The highest BCUT2D eigenvalue weighted by molar-refractivity contribution is 6.00. The Kier molecular flexibility index (Phi) is 4.28. The predicted molar refractivity (Wildman–Crippen MR) is 111 cm³/mol. The van der Waals surface area contributed by atoms with Gasteiger partial charge >= 0.3 is 0 Å². The number of hydrogen-bond acceptors (Lipinski definition) is 4. The number of hydrogen-bond donors (Lipinski definition) is 4. The number of nitrogens with zero attached hydrogens (tertiary/aromatic N) is 1. The van der Waals surface area contributed by atoms with Crippen LogP contribution in [0.3, 0.4) is 0 Å². The lowest BCUT2D eigenvalue weighted by Gasteiger charge is -2.27. The van der Waals surface area contributed by atoms with Crippen molar-refractivity contribution < 1.29 is 4.79 Å². The molecule has 1 aromatic carbocycles. The van der Waals surface area contributed by atoms with Gasteiger partial charge in [0.2, 0.25) is 0 Å². The summed E-state index contributed by atoms with van der Waals surface area (Å²) in [5.41, 5.74) is 10.8. The van der Waals surface area contributed by atoms with E-state index in [1.807, 2.05) is 18.2 Å². The number of benzene rings is 1. The van der Waals surface area contributed by atoms with E-state index in [1.165, 1.54) is 0 Å². The lowest BCUT2D eigenvalue weighted by atomic mass is 9.91. The highest BCUT2D eigenvalue weighted by atomic mass is 16.1. The summed E-state index contributed by atoms with van der Waals surface area (Å²) >= 11 is 0. The fraction of sp³-hybridized carbons (Fsp3) is 0.364. The monoisotopic (exact) mass is 375 g/mol. The van der Waals surface area contributed by atoms with Gasteiger partial charge in [-0.15, -0.1) is 0 Å². The molecule has 6 heteroatoms. The molecule has 6 nitrogen and oxygen atoms in total. The minimum Gasteiger partial charge on any atom is -0.367 e. The van der Waals surface area contributed by atoms with E-state index in [9.17, 15) is 4.79 Å². The Morgan fingerprint density at radius 1 is 1.14 bits per heavy atom. The van der Waals surface area contributed by atoms with Crippen molar-refractivity contribution in [3.05, 3.63) is 47.7 Å². The zero-order valence-electron chi connectivity index (χ0n) is 15.8. The number of aromatic amines is 1. The van der Waals surface area contributed by atoms with Crippen LogP contribution in [-0.4, -0.2) is 34.5 Å². The molecule has 1 aliphatic carbocycles. The van der Waals surface area contributed by atoms with Crippen LogP contribution < -0.4 is 16.4 Å². The number of nitrogens with one attached hydrogen (secondary N) is 3. The Hall–Kier alpha value is -2.86. The first kappa shape index (κ1) is 17.3. The van der Waals surface area contributed by atoms with Crippen LogP contribution in [0.4, 0.5) is 5.82 Å². The number of nitrogens with two attached hydrogens (primary N) is 1. The Morgan fingerprint density at radius 3 is 2.93 bits per heavy atom. The molecule has 3 aromatic rings. The van der Waals surface area contributed by atoms with E-state index in [0.717, 1.165) is 71.3 Å². The summed E-state index contributed by atoms with van der Waals surface area (Å²) in [6.07, 6.45) is 5.22. The Morgan fingerprint density at radius 2 is 2.07 bits per heavy atom. The van der Waals surface area contributed by atoms with Crippen molar-refractivity contribution >= 4 is 22.6 Å². The number of pyridine rings is 1. The van der Waals surface area contributed by atoms with Gasteiger partial charge < -0.3 is 21.4 Å². The smallest absolute Gasteiger partial charge is 0.253 e. The molecule has 1 fully saturated rings. The number of carbonyl (C=O) groups excluding carboxylic acids is 1. The van der Waals surface area contributed by atoms with Crippen LogP contribution in [0.25, 0.3) is 22.2 Å². The predicted octanol–water partition coefficient (Wildman–Crippen LogP) is 3.20. The van der Waals surface area contributed by atoms with Crippen LogP contribution in [0, 0.1) is 0 Å². The molecule has 0 radical (unpaired) electrons. The average Bonchev–Trinajstić information content (AvgIpc) is 3.13. The number of H-pyrrole nitrogens is 1. The van der Waals surface area contributed by atoms with E-state index in [1.54, 1.807) is 0 Å². The van der Waals surface area contributed by atoms with Crippen molar-refractivity contribution in [2.45, 2.75) is 44.2 Å². The maximum Gasteiger partial charge on any atom is 0.253 e. The first-order valence-electron chi connectivity index (χ1n) is 10.1. The van der Waals surface area contributed by atoms with Crippen LogP contribution >= 0.6 is 0 Å². The summed E-state index contributed by atoms with van der Waals surface area (Å²) in [5, 5.41) is 7.56. The molecule has 5 rings (SSSR count). The first-order valence-corrected chi connectivity index (χ1v) is 10.1. The van der Waals surface area contributed by atoms with Gasteiger partial charge in [0.1, 0.15) is 5.82 Å². The van der Waals surface area contributed by atoms with E-state index in [2.05, 4.69) is 33.8 Å². The van der Waals surface area contributed by atoms with Gasteiger partial charge in [0.25, 0.3) is 5.91 Å². The second kappa shape index (κ2) is 6.95. The second-order valence-corrected chi connectivity index (χ2v) is 7.92. The molecule has 0 saturated heterocycles. The van der Waals surface area contributed by atoms with Crippen molar-refractivity contribution in [3.63, 3.8) is 0 Å². The lowest BCUT2D eigenvalue weighted by molar-refractivity contribution is 0.0946. The van der Waals surface area contributed by atoms with Crippen LogP contribution in [0.5, 0.6) is 0 Å². The molecule has 1 aliphatic heterocycles. The highest BCUT2D eigenvalue weighted by Crippen LogP contribution is 2.31. The summed E-state index contributed by atoms with van der Waals surface area (Å²) in [6.45, 7) is 0.678. The Labute approximate surface area is 163 Å². The molecule has 5 N–H and O–H groups in total. The fourth-order valence-electron chi connectivity index (χ4n) is 4.45. The number of rotatable bonds is 3. The largest absolute Gasteiger partial charge is 0.367 e. The minimum atomic E-state index is -0.00654. The van der Waals surface area contributed by atoms with Gasteiger partial charge in [0, 0.05) is 47.4 Å². The fourth-order valence-corrected chi connectivity index (χ4v) is 4.45.